The molecule has 0 heterocycles. The van der Waals surface area contributed by atoms with Gasteiger partial charge < -0.3 is 14.2 Å². The molecule has 166 valence electrons. The molecule has 1 N–H and O–H groups in total. The lowest BCUT2D eigenvalue weighted by Gasteiger charge is -2.14. The van der Waals surface area contributed by atoms with Crippen molar-refractivity contribution >= 4 is 39.7 Å². The molecule has 1 amide bonds. The first-order chi connectivity index (χ1) is 15.5. The summed E-state index contributed by atoms with van der Waals surface area (Å²) in [6.07, 6.45) is 1.54. The second kappa shape index (κ2) is 11.5. The van der Waals surface area contributed by atoms with Gasteiger partial charge in [0.1, 0.15) is 12.4 Å². The maximum absolute atomic E-state index is 12.3. The third-order valence-corrected chi connectivity index (χ3v) is 5.33. The Bertz CT molecular complexity index is 1090. The molecule has 0 radical (unpaired) electrons. The van der Waals surface area contributed by atoms with Crippen LogP contribution in [0.1, 0.15) is 28.4 Å². The molecule has 0 aliphatic carbocycles. The summed E-state index contributed by atoms with van der Waals surface area (Å²) in [7, 11) is 1.57. The van der Waals surface area contributed by atoms with Crippen molar-refractivity contribution in [2.24, 2.45) is 5.10 Å². The maximum Gasteiger partial charge on any atom is 0.271 e. The van der Waals surface area contributed by atoms with Crippen molar-refractivity contribution < 1.29 is 19.0 Å². The number of nitrogens with zero attached hydrogens (tertiary/aromatic N) is 1. The molecule has 3 rings (SSSR count). The monoisotopic (exact) mass is 516 g/mol. The Labute approximate surface area is 200 Å². The standard InChI is InChI=1S/C24H22BrClN2O4/c1-3-31-22-12-18(14-27-28-24(29)17-6-10-20(30-2)11-7-17)21(25)13-23(22)32-15-16-4-8-19(26)9-5-16/h4-14H,3,15H2,1-2H3,(H,28,29)/b27-14-. The van der Waals surface area contributed by atoms with Gasteiger partial charge in [-0.25, -0.2) is 5.43 Å². The van der Waals surface area contributed by atoms with Gasteiger partial charge in [0.15, 0.2) is 11.5 Å². The molecule has 0 saturated heterocycles. The first kappa shape index (κ1) is 23.6. The van der Waals surface area contributed by atoms with Crippen LogP contribution in [0, 0.1) is 0 Å². The van der Waals surface area contributed by atoms with Gasteiger partial charge in [-0.1, -0.05) is 23.7 Å². The lowest BCUT2D eigenvalue weighted by Crippen LogP contribution is -2.17. The molecule has 0 aliphatic rings. The zero-order chi connectivity index (χ0) is 22.9. The van der Waals surface area contributed by atoms with E-state index < -0.39 is 0 Å². The summed E-state index contributed by atoms with van der Waals surface area (Å²) in [6.45, 7) is 2.74. The molecule has 32 heavy (non-hydrogen) atoms. The van der Waals surface area contributed by atoms with E-state index in [4.69, 9.17) is 25.8 Å². The van der Waals surface area contributed by atoms with Crippen LogP contribution in [0.3, 0.4) is 0 Å². The van der Waals surface area contributed by atoms with E-state index in [1.165, 1.54) is 6.21 Å². The number of nitrogens with one attached hydrogen (secondary N) is 1. The van der Waals surface area contributed by atoms with Gasteiger partial charge >= 0.3 is 0 Å². The highest BCUT2D eigenvalue weighted by molar-refractivity contribution is 9.10. The largest absolute Gasteiger partial charge is 0.497 e. The number of amides is 1. The topological polar surface area (TPSA) is 69.2 Å². The van der Waals surface area contributed by atoms with Gasteiger partial charge in [0.05, 0.1) is 19.9 Å². The molecular weight excluding hydrogens is 496 g/mol. The van der Waals surface area contributed by atoms with E-state index in [9.17, 15) is 4.79 Å². The fraction of sp³-hybridized carbons (Fsp3) is 0.167. The van der Waals surface area contributed by atoms with Crippen molar-refractivity contribution in [2.75, 3.05) is 13.7 Å². The highest BCUT2D eigenvalue weighted by Crippen LogP contribution is 2.34. The molecule has 0 bridgehead atoms. The summed E-state index contributed by atoms with van der Waals surface area (Å²) in [5.74, 6) is 1.52. The number of ether oxygens (including phenoxy) is 3. The fourth-order valence-electron chi connectivity index (χ4n) is 2.74. The van der Waals surface area contributed by atoms with Crippen LogP contribution in [-0.2, 0) is 6.61 Å². The molecule has 0 saturated carbocycles. The zero-order valence-electron chi connectivity index (χ0n) is 17.6. The summed E-state index contributed by atoms with van der Waals surface area (Å²) < 4.78 is 17.5. The molecule has 3 aromatic rings. The van der Waals surface area contributed by atoms with Crippen molar-refractivity contribution in [3.63, 3.8) is 0 Å². The molecular formula is C24H22BrClN2O4. The van der Waals surface area contributed by atoms with Crippen LogP contribution in [0.2, 0.25) is 5.02 Å². The van der Waals surface area contributed by atoms with Crippen LogP contribution in [0.25, 0.3) is 0 Å². The molecule has 0 aromatic heterocycles. The first-order valence-electron chi connectivity index (χ1n) is 9.81. The maximum atomic E-state index is 12.3. The van der Waals surface area contributed by atoms with Gasteiger partial charge in [-0.05, 0) is 76.9 Å². The zero-order valence-corrected chi connectivity index (χ0v) is 19.9. The predicted octanol–water partition coefficient (Wildman–Crippen LogP) is 5.85. The SMILES string of the molecule is CCOc1cc(/C=N\NC(=O)c2ccc(OC)cc2)c(Br)cc1OCc1ccc(Cl)cc1. The summed E-state index contributed by atoms with van der Waals surface area (Å²) >= 11 is 9.46. The number of carbonyl (C=O) groups is 1. The number of halogens is 2. The fourth-order valence-corrected chi connectivity index (χ4v) is 3.29. The molecule has 0 atom stereocenters. The Hall–Kier alpha value is -3.03. The van der Waals surface area contributed by atoms with Crippen LogP contribution in [0.5, 0.6) is 17.2 Å². The van der Waals surface area contributed by atoms with E-state index in [0.29, 0.717) is 41.0 Å². The van der Waals surface area contributed by atoms with Crippen LogP contribution in [0.15, 0.2) is 70.2 Å². The van der Waals surface area contributed by atoms with Crippen LogP contribution < -0.4 is 19.6 Å². The Morgan fingerprint density at radius 3 is 2.41 bits per heavy atom. The van der Waals surface area contributed by atoms with Gasteiger partial charge in [-0.2, -0.15) is 5.10 Å². The predicted molar refractivity (Wildman–Crippen MR) is 129 cm³/mol. The minimum absolute atomic E-state index is 0.326. The molecule has 8 heteroatoms. The van der Waals surface area contributed by atoms with Crippen molar-refractivity contribution in [3.05, 3.63) is 86.8 Å². The van der Waals surface area contributed by atoms with Crippen LogP contribution in [0.4, 0.5) is 0 Å². The highest BCUT2D eigenvalue weighted by atomic mass is 79.9. The van der Waals surface area contributed by atoms with Gasteiger partial charge in [0.2, 0.25) is 0 Å². The summed E-state index contributed by atoms with van der Waals surface area (Å²) in [5.41, 5.74) is 4.70. The Morgan fingerprint density at radius 2 is 1.75 bits per heavy atom. The molecule has 0 spiro atoms. The average Bonchev–Trinajstić information content (AvgIpc) is 2.81. The summed E-state index contributed by atoms with van der Waals surface area (Å²) in [6, 6.07) is 17.8. The second-order valence-corrected chi connectivity index (χ2v) is 7.89. The third-order valence-electron chi connectivity index (χ3n) is 4.39. The van der Waals surface area contributed by atoms with E-state index in [-0.39, 0.29) is 5.91 Å². The smallest absolute Gasteiger partial charge is 0.271 e. The lowest BCUT2D eigenvalue weighted by molar-refractivity contribution is 0.0955. The quantitative estimate of drug-likeness (QED) is 0.285. The number of rotatable bonds is 9. The van der Waals surface area contributed by atoms with E-state index in [1.54, 1.807) is 37.4 Å². The minimum Gasteiger partial charge on any atom is -0.497 e. The van der Waals surface area contributed by atoms with Crippen LogP contribution in [-0.4, -0.2) is 25.8 Å². The van der Waals surface area contributed by atoms with Crippen molar-refractivity contribution in [1.29, 1.82) is 0 Å². The van der Waals surface area contributed by atoms with E-state index >= 15 is 0 Å². The van der Waals surface area contributed by atoms with Crippen LogP contribution >= 0.6 is 27.5 Å². The molecule has 6 nitrogen and oxygen atoms in total. The number of benzene rings is 3. The van der Waals surface area contributed by atoms with E-state index in [0.717, 1.165) is 15.6 Å². The summed E-state index contributed by atoms with van der Waals surface area (Å²) in [5, 5.41) is 4.73. The minimum atomic E-state index is -0.326. The van der Waals surface area contributed by atoms with Crippen molar-refractivity contribution in [3.8, 4) is 17.2 Å². The van der Waals surface area contributed by atoms with Gasteiger partial charge in [-0.3, -0.25) is 4.79 Å². The van der Waals surface area contributed by atoms with Crippen molar-refractivity contribution in [1.82, 2.24) is 5.43 Å². The van der Waals surface area contributed by atoms with Gasteiger partial charge in [-0.15, -0.1) is 0 Å². The number of hydrogen-bond donors (Lipinski definition) is 1. The number of carbonyl (C=O) groups excluding carboxylic acids is 1. The van der Waals surface area contributed by atoms with Gasteiger partial charge in [0.25, 0.3) is 5.91 Å². The number of methoxy groups -OCH3 is 1. The second-order valence-electron chi connectivity index (χ2n) is 6.60. The molecule has 0 fully saturated rings. The third kappa shape index (κ3) is 6.48. The Morgan fingerprint density at radius 1 is 1.06 bits per heavy atom. The van der Waals surface area contributed by atoms with E-state index in [1.807, 2.05) is 37.3 Å². The average molecular weight is 518 g/mol. The highest BCUT2D eigenvalue weighted by Gasteiger charge is 2.11. The Kier molecular flexibility index (Phi) is 8.53. The first-order valence-corrected chi connectivity index (χ1v) is 11.0. The number of hydrazone groups is 1. The molecule has 0 unspecified atom stereocenters. The van der Waals surface area contributed by atoms with Crippen molar-refractivity contribution in [2.45, 2.75) is 13.5 Å². The molecule has 0 aliphatic heterocycles. The normalized spacial score (nSPS) is 10.8. The van der Waals surface area contributed by atoms with E-state index in [2.05, 4.69) is 26.5 Å². The van der Waals surface area contributed by atoms with Gasteiger partial charge in [0, 0.05) is 20.6 Å². The molecule has 3 aromatic carbocycles. The Balaban J connectivity index is 1.69. The summed E-state index contributed by atoms with van der Waals surface area (Å²) in [4.78, 5) is 12.3. The number of hydrogen-bond acceptors (Lipinski definition) is 5. The lowest BCUT2D eigenvalue weighted by atomic mass is 10.2.